The molecule has 1 aliphatic heterocycles. The number of carbonyl (C=O) groups excluding carboxylic acids is 1. The molecule has 0 N–H and O–H groups in total. The van der Waals surface area contributed by atoms with Crippen LogP contribution in [0.15, 0.2) is 36.4 Å². The van der Waals surface area contributed by atoms with Gasteiger partial charge in [0.15, 0.2) is 6.61 Å². The molecule has 1 aromatic carbocycles. The zero-order valence-corrected chi connectivity index (χ0v) is 15.1. The van der Waals surface area contributed by atoms with Crippen molar-refractivity contribution in [3.63, 3.8) is 0 Å². The average Bonchev–Trinajstić information content (AvgIpc) is 3.23. The molecule has 25 heavy (non-hydrogen) atoms. The lowest BCUT2D eigenvalue weighted by molar-refractivity contribution is -0.135. The molecule has 1 saturated heterocycles. The largest absolute Gasteiger partial charge is 0.484 e. The van der Waals surface area contributed by atoms with E-state index >= 15 is 0 Å². The molecule has 0 unspecified atom stereocenters. The lowest BCUT2D eigenvalue weighted by atomic mass is 9.93. The number of ether oxygens (including phenoxy) is 1. The number of benzene rings is 1. The predicted molar refractivity (Wildman–Crippen MR) is 98.5 cm³/mol. The molecule has 4 rings (SSSR count). The number of hydrogen-bond donors (Lipinski definition) is 0. The number of amides is 1. The lowest BCUT2D eigenvalue weighted by Crippen LogP contribution is -2.51. The molecule has 2 bridgehead atoms. The molecular formula is C21H28N2O2. The number of nitrogens with zero attached hydrogens (tertiary/aromatic N) is 2. The summed E-state index contributed by atoms with van der Waals surface area (Å²) in [5.41, 5.74) is 1.15. The lowest BCUT2D eigenvalue weighted by Gasteiger charge is -2.36. The van der Waals surface area contributed by atoms with Crippen LogP contribution in [-0.2, 0) is 4.79 Å². The molecule has 2 fully saturated rings. The summed E-state index contributed by atoms with van der Waals surface area (Å²) in [7, 11) is 0. The van der Waals surface area contributed by atoms with Gasteiger partial charge in [0.05, 0.1) is 0 Å². The first-order valence-electron chi connectivity index (χ1n) is 9.55. The smallest absolute Gasteiger partial charge is 0.260 e. The number of aryl methyl sites for hydroxylation is 1. The summed E-state index contributed by atoms with van der Waals surface area (Å²) in [4.78, 5) is 16.9. The van der Waals surface area contributed by atoms with Gasteiger partial charge in [-0.1, -0.05) is 24.3 Å². The number of allylic oxidation sites excluding steroid dienone is 2. The third-order valence-electron chi connectivity index (χ3n) is 5.99. The standard InChI is InChI=1S/C21H28N2O2/c1-16-3-2-4-20(11-16)25-15-21(24)23-9-7-22(8-10-23)14-19-13-17-5-6-18(19)12-17/h2-6,11,17-19H,7-10,12-15H2,1H3/t17-,18+,19-/m1/s1. The van der Waals surface area contributed by atoms with Crippen LogP contribution >= 0.6 is 0 Å². The van der Waals surface area contributed by atoms with Gasteiger partial charge in [-0.05, 0) is 55.2 Å². The van der Waals surface area contributed by atoms with Gasteiger partial charge in [0, 0.05) is 32.7 Å². The summed E-state index contributed by atoms with van der Waals surface area (Å²) in [5, 5.41) is 0. The van der Waals surface area contributed by atoms with E-state index in [1.807, 2.05) is 36.1 Å². The van der Waals surface area contributed by atoms with Crippen molar-refractivity contribution >= 4 is 5.91 Å². The minimum absolute atomic E-state index is 0.101. The summed E-state index contributed by atoms with van der Waals surface area (Å²) in [5.74, 6) is 3.37. The Labute approximate surface area is 150 Å². The Kier molecular flexibility index (Phi) is 4.80. The molecule has 2 aliphatic carbocycles. The van der Waals surface area contributed by atoms with Gasteiger partial charge in [0.25, 0.3) is 5.91 Å². The van der Waals surface area contributed by atoms with Crippen LogP contribution in [0, 0.1) is 24.7 Å². The zero-order valence-electron chi connectivity index (χ0n) is 15.1. The zero-order chi connectivity index (χ0) is 17.2. The molecule has 0 aromatic heterocycles. The van der Waals surface area contributed by atoms with Gasteiger partial charge in [0.2, 0.25) is 0 Å². The quantitative estimate of drug-likeness (QED) is 0.773. The van der Waals surface area contributed by atoms with Gasteiger partial charge >= 0.3 is 0 Å². The highest BCUT2D eigenvalue weighted by Crippen LogP contribution is 2.43. The number of piperazine rings is 1. The van der Waals surface area contributed by atoms with Crippen molar-refractivity contribution in [1.29, 1.82) is 0 Å². The van der Waals surface area contributed by atoms with Gasteiger partial charge in [0.1, 0.15) is 5.75 Å². The molecule has 3 aliphatic rings. The second-order valence-corrected chi connectivity index (χ2v) is 7.83. The first kappa shape index (κ1) is 16.6. The van der Waals surface area contributed by atoms with Crippen molar-refractivity contribution < 1.29 is 9.53 Å². The van der Waals surface area contributed by atoms with Gasteiger partial charge in [-0.25, -0.2) is 0 Å². The van der Waals surface area contributed by atoms with E-state index in [1.54, 1.807) is 0 Å². The Morgan fingerprint density at radius 2 is 2.00 bits per heavy atom. The SMILES string of the molecule is Cc1cccc(OCC(=O)N2CCN(C[C@H]3C[C@@H]4C=C[C@H]3C4)CC2)c1. The summed E-state index contributed by atoms with van der Waals surface area (Å²) in [6.45, 7) is 7.01. The van der Waals surface area contributed by atoms with Crippen LogP contribution in [0.4, 0.5) is 0 Å². The van der Waals surface area contributed by atoms with Crippen molar-refractivity contribution in [3.8, 4) is 5.75 Å². The van der Waals surface area contributed by atoms with Crippen molar-refractivity contribution in [1.82, 2.24) is 9.80 Å². The van der Waals surface area contributed by atoms with Gasteiger partial charge < -0.3 is 9.64 Å². The van der Waals surface area contributed by atoms with Gasteiger partial charge in [-0.2, -0.15) is 0 Å². The summed E-state index contributed by atoms with van der Waals surface area (Å²) >= 11 is 0. The Morgan fingerprint density at radius 3 is 2.68 bits per heavy atom. The van der Waals surface area contributed by atoms with Crippen LogP contribution in [0.25, 0.3) is 0 Å². The molecule has 3 atom stereocenters. The van der Waals surface area contributed by atoms with Gasteiger partial charge in [-0.15, -0.1) is 0 Å². The van der Waals surface area contributed by atoms with Crippen LogP contribution in [0.3, 0.4) is 0 Å². The molecule has 1 saturated carbocycles. The third-order valence-corrected chi connectivity index (χ3v) is 5.99. The maximum absolute atomic E-state index is 12.4. The molecule has 4 nitrogen and oxygen atoms in total. The summed E-state index contributed by atoms with van der Waals surface area (Å²) in [6, 6.07) is 7.86. The summed E-state index contributed by atoms with van der Waals surface area (Å²) < 4.78 is 5.66. The van der Waals surface area contributed by atoms with E-state index in [1.165, 1.54) is 19.4 Å². The van der Waals surface area contributed by atoms with E-state index in [0.29, 0.717) is 0 Å². The highest BCUT2D eigenvalue weighted by atomic mass is 16.5. The van der Waals surface area contributed by atoms with Crippen LogP contribution in [0.5, 0.6) is 5.75 Å². The van der Waals surface area contributed by atoms with E-state index in [2.05, 4.69) is 17.1 Å². The first-order valence-corrected chi connectivity index (χ1v) is 9.55. The highest BCUT2D eigenvalue weighted by Gasteiger charge is 2.36. The topological polar surface area (TPSA) is 32.8 Å². The fourth-order valence-corrected chi connectivity index (χ4v) is 4.56. The van der Waals surface area contributed by atoms with E-state index in [-0.39, 0.29) is 12.5 Å². The van der Waals surface area contributed by atoms with Crippen molar-refractivity contribution in [2.45, 2.75) is 19.8 Å². The van der Waals surface area contributed by atoms with Crippen LogP contribution in [-0.4, -0.2) is 55.0 Å². The van der Waals surface area contributed by atoms with E-state index in [9.17, 15) is 4.79 Å². The van der Waals surface area contributed by atoms with Crippen LogP contribution < -0.4 is 4.74 Å². The summed E-state index contributed by atoms with van der Waals surface area (Å²) in [6.07, 6.45) is 7.58. The van der Waals surface area contributed by atoms with Crippen LogP contribution in [0.2, 0.25) is 0 Å². The second kappa shape index (κ2) is 7.20. The van der Waals surface area contributed by atoms with E-state index in [0.717, 1.165) is 55.2 Å². The Hall–Kier alpha value is -1.81. The Bertz CT molecular complexity index is 649. The number of hydrogen-bond acceptors (Lipinski definition) is 3. The number of fused-ring (bicyclic) bond motifs is 2. The molecule has 1 amide bonds. The number of rotatable bonds is 5. The fourth-order valence-electron chi connectivity index (χ4n) is 4.56. The van der Waals surface area contributed by atoms with E-state index in [4.69, 9.17) is 4.74 Å². The first-order chi connectivity index (χ1) is 12.2. The Morgan fingerprint density at radius 1 is 1.16 bits per heavy atom. The number of carbonyl (C=O) groups is 1. The van der Waals surface area contributed by atoms with Gasteiger partial charge in [-0.3, -0.25) is 9.69 Å². The molecule has 0 radical (unpaired) electrons. The van der Waals surface area contributed by atoms with Crippen molar-refractivity contribution in [3.05, 3.63) is 42.0 Å². The monoisotopic (exact) mass is 340 g/mol. The maximum atomic E-state index is 12.4. The molecule has 0 spiro atoms. The molecule has 1 aromatic rings. The van der Waals surface area contributed by atoms with Crippen molar-refractivity contribution in [2.24, 2.45) is 17.8 Å². The maximum Gasteiger partial charge on any atom is 0.260 e. The third kappa shape index (κ3) is 3.90. The average molecular weight is 340 g/mol. The van der Waals surface area contributed by atoms with Crippen LogP contribution in [0.1, 0.15) is 18.4 Å². The minimum atomic E-state index is 0.101. The highest BCUT2D eigenvalue weighted by molar-refractivity contribution is 5.77. The molecule has 4 heteroatoms. The van der Waals surface area contributed by atoms with Crippen molar-refractivity contribution in [2.75, 3.05) is 39.3 Å². The molecule has 1 heterocycles. The minimum Gasteiger partial charge on any atom is -0.484 e. The van der Waals surface area contributed by atoms with E-state index < -0.39 is 0 Å². The Balaban J connectivity index is 1.20. The fraction of sp³-hybridized carbons (Fsp3) is 0.571. The second-order valence-electron chi connectivity index (χ2n) is 7.83. The molecular weight excluding hydrogens is 312 g/mol. The predicted octanol–water partition coefficient (Wildman–Crippen LogP) is 2.73. The molecule has 134 valence electrons. The normalized spacial score (nSPS) is 28.5.